The number of hydrogen-bond donors (Lipinski definition) is 0. The molecule has 0 fully saturated rings. The van der Waals surface area contributed by atoms with Crippen LogP contribution in [0, 0.1) is 0 Å². The minimum atomic E-state index is -0.798. The van der Waals surface area contributed by atoms with Crippen LogP contribution in [0.25, 0.3) is 0 Å². The van der Waals surface area contributed by atoms with Crippen molar-refractivity contribution in [1.29, 1.82) is 0 Å². The van der Waals surface area contributed by atoms with Crippen molar-refractivity contribution in [2.45, 2.75) is 297 Å². The normalized spacial score (nSPS) is 13.1. The number of esters is 3. The molecule has 6 heteroatoms. The molecule has 0 amide bonds. The summed E-state index contributed by atoms with van der Waals surface area (Å²) in [6.07, 6.45) is 97.2. The first-order valence-electron chi connectivity index (χ1n) is 33.3. The molecule has 0 spiro atoms. The number of carbonyl (C=O) groups excluding carboxylic acids is 3. The van der Waals surface area contributed by atoms with Crippen LogP contribution >= 0.6 is 0 Å². The number of ether oxygens (including phenoxy) is 3. The molecule has 0 N–H and O–H groups in total. The van der Waals surface area contributed by atoms with Gasteiger partial charge in [0, 0.05) is 19.3 Å². The molecule has 0 bridgehead atoms. The fourth-order valence-corrected chi connectivity index (χ4v) is 8.82. The lowest BCUT2D eigenvalue weighted by Gasteiger charge is -2.18. The van der Waals surface area contributed by atoms with Gasteiger partial charge in [-0.3, -0.25) is 14.4 Å². The minimum absolute atomic E-state index is 0.0951. The van der Waals surface area contributed by atoms with Gasteiger partial charge in [0.2, 0.25) is 0 Å². The topological polar surface area (TPSA) is 78.9 Å². The van der Waals surface area contributed by atoms with E-state index in [1.165, 1.54) is 83.5 Å². The van der Waals surface area contributed by atoms with Gasteiger partial charge in [-0.2, -0.15) is 0 Å². The smallest absolute Gasteiger partial charge is 0.306 e. The molecule has 0 rings (SSSR count). The fourth-order valence-electron chi connectivity index (χ4n) is 8.82. The molecule has 0 saturated heterocycles. The lowest BCUT2D eigenvalue weighted by molar-refractivity contribution is -0.167. The summed E-state index contributed by atoms with van der Waals surface area (Å²) in [7, 11) is 0. The van der Waals surface area contributed by atoms with Crippen LogP contribution in [0.2, 0.25) is 0 Å². The third-order valence-corrected chi connectivity index (χ3v) is 13.8. The second kappa shape index (κ2) is 67.8. The SMILES string of the molecule is CC/C=C\C/C=C\C/C=C\C/C=C\C/C=C\C/C=C\C/C=C\C/C=C\C/C=C\CCCCCCCCCC(=O)OCC(COC(=O)CCCCCCC/C=C\C/C=C\CCC)OC(=O)CCCCCCC/C=C\CCCCCCCC. The van der Waals surface area contributed by atoms with Gasteiger partial charge in [-0.25, -0.2) is 0 Å². The first kappa shape index (κ1) is 76.3. The second-order valence-electron chi connectivity index (χ2n) is 21.6. The molecular formula is C75H122O6. The summed E-state index contributed by atoms with van der Waals surface area (Å²) in [6, 6.07) is 0. The first-order chi connectivity index (χ1) is 40.0. The standard InChI is InChI=1S/C75H122O6/c1-4-7-10-13-16-19-22-25-27-28-29-30-31-32-33-34-35-36-37-38-39-40-41-42-43-44-45-46-48-50-53-56-59-62-65-68-74(77)80-71-72(70-79-73(76)67-64-61-58-55-52-49-24-21-18-15-12-9-6-3)81-75(78)69-66-63-60-57-54-51-47-26-23-20-17-14-11-8-5-2/h7,10,12,15-16,19,21,24-27,29-30,32-33,35-36,38-39,41-42,44-45,47,72H,4-6,8-9,11,13-14,17-18,20,22-23,28,31,34,37,40,43,46,48-71H2,1-3H3/b10-7-,15-12-,19-16-,24-21-,27-25-,30-29-,33-32-,36-35-,39-38-,42-41-,45-44-,47-26-. The number of carbonyl (C=O) groups is 3. The van der Waals surface area contributed by atoms with Crippen molar-refractivity contribution >= 4 is 17.9 Å². The van der Waals surface area contributed by atoms with Crippen LogP contribution in [-0.4, -0.2) is 37.2 Å². The Morgan fingerprint density at radius 2 is 0.506 bits per heavy atom. The molecule has 458 valence electrons. The molecule has 1 unspecified atom stereocenters. The molecule has 1 atom stereocenters. The number of unbranched alkanes of at least 4 members (excludes halogenated alkanes) is 24. The molecule has 0 radical (unpaired) electrons. The van der Waals surface area contributed by atoms with Crippen molar-refractivity contribution < 1.29 is 28.6 Å². The van der Waals surface area contributed by atoms with Crippen molar-refractivity contribution in [3.05, 3.63) is 146 Å². The van der Waals surface area contributed by atoms with Crippen molar-refractivity contribution in [3.63, 3.8) is 0 Å². The van der Waals surface area contributed by atoms with Crippen LogP contribution in [0.15, 0.2) is 146 Å². The van der Waals surface area contributed by atoms with Crippen molar-refractivity contribution in [1.82, 2.24) is 0 Å². The zero-order chi connectivity index (χ0) is 58.5. The summed E-state index contributed by atoms with van der Waals surface area (Å²) in [5.74, 6) is -0.927. The van der Waals surface area contributed by atoms with Crippen LogP contribution in [0.4, 0.5) is 0 Å². The molecule has 0 aromatic carbocycles. The second-order valence-corrected chi connectivity index (χ2v) is 21.6. The highest BCUT2D eigenvalue weighted by molar-refractivity contribution is 5.71. The summed E-state index contributed by atoms with van der Waals surface area (Å²) >= 11 is 0. The number of rotatable bonds is 59. The van der Waals surface area contributed by atoms with E-state index in [0.717, 1.165) is 167 Å². The zero-order valence-corrected chi connectivity index (χ0v) is 52.5. The Bertz CT molecular complexity index is 1760. The average molecular weight is 1120 g/mol. The highest BCUT2D eigenvalue weighted by atomic mass is 16.6. The van der Waals surface area contributed by atoms with Gasteiger partial charge in [0.25, 0.3) is 0 Å². The molecule has 0 aromatic heterocycles. The maximum absolute atomic E-state index is 12.9. The summed E-state index contributed by atoms with van der Waals surface area (Å²) in [5.41, 5.74) is 0. The van der Waals surface area contributed by atoms with Crippen molar-refractivity contribution in [3.8, 4) is 0 Å². The molecule has 0 aliphatic heterocycles. The van der Waals surface area contributed by atoms with Crippen LogP contribution in [0.1, 0.15) is 290 Å². The molecular weight excluding hydrogens is 997 g/mol. The minimum Gasteiger partial charge on any atom is -0.462 e. The molecule has 0 aliphatic carbocycles. The van der Waals surface area contributed by atoms with Gasteiger partial charge < -0.3 is 14.2 Å². The van der Waals surface area contributed by atoms with Crippen LogP contribution < -0.4 is 0 Å². The molecule has 0 aliphatic rings. The molecule has 81 heavy (non-hydrogen) atoms. The number of hydrogen-bond acceptors (Lipinski definition) is 6. The first-order valence-corrected chi connectivity index (χ1v) is 33.3. The van der Waals surface area contributed by atoms with E-state index in [-0.39, 0.29) is 31.1 Å². The van der Waals surface area contributed by atoms with E-state index in [1.807, 2.05) is 0 Å². The Kier molecular flexibility index (Phi) is 63.9. The Balaban J connectivity index is 4.28. The zero-order valence-electron chi connectivity index (χ0n) is 52.5. The predicted molar refractivity (Wildman–Crippen MR) is 352 cm³/mol. The maximum atomic E-state index is 12.9. The lowest BCUT2D eigenvalue weighted by atomic mass is 10.1. The van der Waals surface area contributed by atoms with Crippen LogP contribution in [0.3, 0.4) is 0 Å². The lowest BCUT2D eigenvalue weighted by Crippen LogP contribution is -2.30. The number of allylic oxidation sites excluding steroid dienone is 24. The Morgan fingerprint density at radius 1 is 0.259 bits per heavy atom. The maximum Gasteiger partial charge on any atom is 0.306 e. The van der Waals surface area contributed by atoms with Gasteiger partial charge in [-0.05, 0) is 141 Å². The van der Waals surface area contributed by atoms with E-state index in [1.54, 1.807) is 0 Å². The fraction of sp³-hybridized carbons (Fsp3) is 0.640. The van der Waals surface area contributed by atoms with E-state index in [9.17, 15) is 14.4 Å². The summed E-state index contributed by atoms with van der Waals surface area (Å²) < 4.78 is 16.9. The van der Waals surface area contributed by atoms with E-state index in [0.29, 0.717) is 19.3 Å². The van der Waals surface area contributed by atoms with Crippen LogP contribution in [-0.2, 0) is 28.6 Å². The Hall–Kier alpha value is -4.71. The third-order valence-electron chi connectivity index (χ3n) is 13.8. The van der Waals surface area contributed by atoms with Crippen molar-refractivity contribution in [2.24, 2.45) is 0 Å². The molecule has 0 saturated carbocycles. The molecule has 0 aromatic rings. The van der Waals surface area contributed by atoms with Gasteiger partial charge in [0.05, 0.1) is 0 Å². The largest absolute Gasteiger partial charge is 0.462 e. The summed E-state index contributed by atoms with van der Waals surface area (Å²) in [5, 5.41) is 0. The van der Waals surface area contributed by atoms with E-state index < -0.39 is 6.10 Å². The van der Waals surface area contributed by atoms with Crippen molar-refractivity contribution in [2.75, 3.05) is 13.2 Å². The van der Waals surface area contributed by atoms with Gasteiger partial charge >= 0.3 is 17.9 Å². The van der Waals surface area contributed by atoms with Crippen LogP contribution in [0.5, 0.6) is 0 Å². The third kappa shape index (κ3) is 66.0. The summed E-state index contributed by atoms with van der Waals surface area (Å²) in [4.78, 5) is 38.3. The van der Waals surface area contributed by atoms with E-state index in [4.69, 9.17) is 14.2 Å². The monoisotopic (exact) mass is 1120 g/mol. The molecule has 6 nitrogen and oxygen atoms in total. The summed E-state index contributed by atoms with van der Waals surface area (Å²) in [6.45, 7) is 6.43. The highest BCUT2D eigenvalue weighted by Gasteiger charge is 2.19. The predicted octanol–water partition coefficient (Wildman–Crippen LogP) is 23.1. The van der Waals surface area contributed by atoms with Gasteiger partial charge in [0.1, 0.15) is 13.2 Å². The highest BCUT2D eigenvalue weighted by Crippen LogP contribution is 2.15. The van der Waals surface area contributed by atoms with Gasteiger partial charge in [0.15, 0.2) is 6.10 Å². The van der Waals surface area contributed by atoms with E-state index in [2.05, 4.69) is 167 Å². The average Bonchev–Trinajstić information content (AvgIpc) is 3.46. The molecule has 0 heterocycles. The van der Waals surface area contributed by atoms with E-state index >= 15 is 0 Å². The quantitative estimate of drug-likeness (QED) is 0.0261. The Labute approximate surface area is 499 Å². The van der Waals surface area contributed by atoms with Gasteiger partial charge in [-0.1, -0.05) is 276 Å². The Morgan fingerprint density at radius 3 is 0.815 bits per heavy atom. The van der Waals surface area contributed by atoms with Gasteiger partial charge in [-0.15, -0.1) is 0 Å².